The van der Waals surface area contributed by atoms with Crippen molar-refractivity contribution in [2.24, 2.45) is 0 Å². The molecule has 0 radical (unpaired) electrons. The number of hydrogen-bond donors (Lipinski definition) is 0. The van der Waals surface area contributed by atoms with E-state index in [0.29, 0.717) is 21.4 Å². The fraction of sp³-hybridized carbons (Fsp3) is 0.158. The van der Waals surface area contributed by atoms with Gasteiger partial charge < -0.3 is 9.47 Å². The molecule has 9 heteroatoms. The maximum atomic E-state index is 12.7. The lowest BCUT2D eigenvalue weighted by Gasteiger charge is -2.14. The quantitative estimate of drug-likeness (QED) is 0.301. The largest absolute Gasteiger partial charge is 0.495 e. The molecule has 28 heavy (non-hydrogen) atoms. The van der Waals surface area contributed by atoms with Crippen LogP contribution in [0.5, 0.6) is 11.5 Å². The van der Waals surface area contributed by atoms with Gasteiger partial charge in [0.15, 0.2) is 0 Å². The van der Waals surface area contributed by atoms with Gasteiger partial charge in [0.25, 0.3) is 11.1 Å². The molecule has 0 atom stereocenters. The van der Waals surface area contributed by atoms with E-state index in [4.69, 9.17) is 21.1 Å². The van der Waals surface area contributed by atoms with Crippen LogP contribution in [0.15, 0.2) is 41.3 Å². The van der Waals surface area contributed by atoms with Gasteiger partial charge >= 0.3 is 0 Å². The number of rotatable bonds is 6. The lowest BCUT2D eigenvalue weighted by atomic mass is 10.2. The molecule has 1 fully saturated rings. The van der Waals surface area contributed by atoms with Gasteiger partial charge in [-0.05, 0) is 87.3 Å². The van der Waals surface area contributed by atoms with Gasteiger partial charge in [-0.25, -0.2) is 0 Å². The Balaban J connectivity index is 1.73. The molecule has 1 aliphatic rings. The zero-order valence-corrected chi connectivity index (χ0v) is 20.5. The highest BCUT2D eigenvalue weighted by molar-refractivity contribution is 14.1. The molecule has 0 saturated carbocycles. The van der Waals surface area contributed by atoms with Crippen molar-refractivity contribution < 1.29 is 19.1 Å². The summed E-state index contributed by atoms with van der Waals surface area (Å²) in [5.74, 6) is 0.855. The number of benzene rings is 2. The van der Waals surface area contributed by atoms with Crippen LogP contribution in [0, 0.1) is 7.14 Å². The molecule has 1 saturated heterocycles. The predicted molar refractivity (Wildman–Crippen MR) is 128 cm³/mol. The van der Waals surface area contributed by atoms with E-state index in [1.165, 1.54) is 4.90 Å². The van der Waals surface area contributed by atoms with Crippen LogP contribution >= 0.6 is 68.5 Å². The van der Waals surface area contributed by atoms with Crippen molar-refractivity contribution in [3.05, 3.63) is 59.0 Å². The Morgan fingerprint density at radius 1 is 1.21 bits per heavy atom. The fourth-order valence-corrected chi connectivity index (χ4v) is 5.70. The van der Waals surface area contributed by atoms with E-state index in [1.807, 2.05) is 12.1 Å². The molecule has 0 bridgehead atoms. The summed E-state index contributed by atoms with van der Waals surface area (Å²) >= 11 is 11.3. The molecule has 0 unspecified atom stereocenters. The van der Waals surface area contributed by atoms with E-state index < -0.39 is 0 Å². The average molecular weight is 642 g/mol. The number of carbonyl (C=O) groups excluding carboxylic acids is 2. The molecule has 1 aliphatic heterocycles. The topological polar surface area (TPSA) is 55.8 Å². The normalized spacial score (nSPS) is 15.4. The minimum absolute atomic E-state index is 0.147. The number of halogens is 3. The van der Waals surface area contributed by atoms with Crippen LogP contribution in [0.25, 0.3) is 6.08 Å². The van der Waals surface area contributed by atoms with Crippen LogP contribution in [0.3, 0.4) is 0 Å². The Bertz CT molecular complexity index is 967. The fourth-order valence-electron chi connectivity index (χ4n) is 2.55. The molecular weight excluding hydrogens is 628 g/mol. The number of carbonyl (C=O) groups is 2. The van der Waals surface area contributed by atoms with Crippen molar-refractivity contribution in [2.45, 2.75) is 0 Å². The summed E-state index contributed by atoms with van der Waals surface area (Å²) in [5.41, 5.74) is 0.761. The number of nitrogens with zero attached hydrogens (tertiary/aromatic N) is 1. The lowest BCUT2D eigenvalue weighted by molar-refractivity contribution is -0.123. The highest BCUT2D eigenvalue weighted by Crippen LogP contribution is 2.36. The molecule has 1 heterocycles. The number of amides is 2. The van der Waals surface area contributed by atoms with Crippen molar-refractivity contribution >= 4 is 85.8 Å². The first-order valence-corrected chi connectivity index (χ1v) is 11.4. The Labute approximate surface area is 199 Å². The number of hydrogen-bond acceptors (Lipinski definition) is 5. The molecule has 3 rings (SSSR count). The highest BCUT2D eigenvalue weighted by Gasteiger charge is 2.35. The standard InChI is InChI=1S/C19H14ClI2NO4S/c1-26-17-11(8-12(21)10-14(17)22)9-16-18(24)23(19(25)28-16)6-7-27-15-5-3-2-4-13(15)20/h2-5,8-10H,6-7H2,1H3/b16-9-. The number of ether oxygens (including phenoxy) is 2. The second-order valence-corrected chi connectivity index (χ2v) is 9.43. The van der Waals surface area contributed by atoms with Gasteiger partial charge in [0.2, 0.25) is 0 Å². The molecule has 2 aromatic carbocycles. The minimum Gasteiger partial charge on any atom is -0.495 e. The molecule has 5 nitrogen and oxygen atoms in total. The van der Waals surface area contributed by atoms with Gasteiger partial charge in [0.05, 0.1) is 27.2 Å². The molecule has 0 aliphatic carbocycles. The maximum absolute atomic E-state index is 12.7. The lowest BCUT2D eigenvalue weighted by Crippen LogP contribution is -2.32. The minimum atomic E-state index is -0.339. The van der Waals surface area contributed by atoms with Crippen LogP contribution in [0.4, 0.5) is 4.79 Å². The number of imide groups is 1. The second-order valence-electron chi connectivity index (χ2n) is 5.62. The van der Waals surface area contributed by atoms with Gasteiger partial charge in [-0.15, -0.1) is 0 Å². The third-order valence-electron chi connectivity index (χ3n) is 3.81. The molecule has 146 valence electrons. The van der Waals surface area contributed by atoms with Crippen LogP contribution in [-0.2, 0) is 4.79 Å². The first kappa shape index (κ1) is 21.7. The smallest absolute Gasteiger partial charge is 0.293 e. The Morgan fingerprint density at radius 3 is 2.68 bits per heavy atom. The van der Waals surface area contributed by atoms with E-state index in [9.17, 15) is 9.59 Å². The van der Waals surface area contributed by atoms with Gasteiger partial charge in [0.1, 0.15) is 18.1 Å². The molecule has 2 amide bonds. The van der Waals surface area contributed by atoms with Gasteiger partial charge in [-0.2, -0.15) is 0 Å². The van der Waals surface area contributed by atoms with Crippen LogP contribution in [-0.4, -0.2) is 36.3 Å². The zero-order valence-electron chi connectivity index (χ0n) is 14.6. The predicted octanol–water partition coefficient (Wildman–Crippen LogP) is 5.67. The summed E-state index contributed by atoms with van der Waals surface area (Å²) in [6, 6.07) is 11.0. The number of thioether (sulfide) groups is 1. The zero-order chi connectivity index (χ0) is 20.3. The maximum Gasteiger partial charge on any atom is 0.293 e. The summed E-state index contributed by atoms with van der Waals surface area (Å²) in [5, 5.41) is 0.162. The number of para-hydroxylation sites is 1. The van der Waals surface area contributed by atoms with Crippen molar-refractivity contribution in [3.63, 3.8) is 0 Å². The van der Waals surface area contributed by atoms with Crippen LogP contribution in [0.2, 0.25) is 5.02 Å². The first-order valence-electron chi connectivity index (χ1n) is 8.06. The summed E-state index contributed by atoms with van der Waals surface area (Å²) in [4.78, 5) is 26.5. The monoisotopic (exact) mass is 641 g/mol. The molecule has 2 aromatic rings. The van der Waals surface area contributed by atoms with E-state index in [2.05, 4.69) is 45.2 Å². The van der Waals surface area contributed by atoms with Crippen LogP contribution in [0.1, 0.15) is 5.56 Å². The molecule has 0 N–H and O–H groups in total. The van der Waals surface area contributed by atoms with Gasteiger partial charge in [0, 0.05) is 9.13 Å². The van der Waals surface area contributed by atoms with Gasteiger partial charge in [-0.3, -0.25) is 14.5 Å². The van der Waals surface area contributed by atoms with Crippen molar-refractivity contribution in [2.75, 3.05) is 20.3 Å². The van der Waals surface area contributed by atoms with Gasteiger partial charge in [-0.1, -0.05) is 23.7 Å². The number of methoxy groups -OCH3 is 1. The van der Waals surface area contributed by atoms with E-state index in [-0.39, 0.29) is 24.3 Å². The third kappa shape index (κ3) is 4.95. The summed E-state index contributed by atoms with van der Waals surface area (Å²) < 4.78 is 13.0. The first-order chi connectivity index (χ1) is 13.4. The molecule has 0 spiro atoms. The van der Waals surface area contributed by atoms with Crippen molar-refractivity contribution in [3.8, 4) is 11.5 Å². The summed E-state index contributed by atoms with van der Waals surface area (Å²) in [6.07, 6.45) is 1.70. The Morgan fingerprint density at radius 2 is 1.96 bits per heavy atom. The summed E-state index contributed by atoms with van der Waals surface area (Å²) in [7, 11) is 1.58. The SMILES string of the molecule is COc1c(I)cc(I)cc1/C=C1\SC(=O)N(CCOc2ccccc2Cl)C1=O. The Kier molecular flexibility index (Phi) is 7.51. The van der Waals surface area contributed by atoms with E-state index in [1.54, 1.807) is 37.5 Å². The van der Waals surface area contributed by atoms with E-state index >= 15 is 0 Å². The van der Waals surface area contributed by atoms with Crippen LogP contribution < -0.4 is 9.47 Å². The van der Waals surface area contributed by atoms with Crippen molar-refractivity contribution in [1.29, 1.82) is 0 Å². The summed E-state index contributed by atoms with van der Waals surface area (Å²) in [6.45, 7) is 0.313. The third-order valence-corrected chi connectivity index (χ3v) is 6.45. The van der Waals surface area contributed by atoms with E-state index in [0.717, 1.165) is 24.5 Å². The molecular formula is C19H14ClI2NO4S. The molecule has 0 aromatic heterocycles. The average Bonchev–Trinajstić information content (AvgIpc) is 2.90. The van der Waals surface area contributed by atoms with Crippen molar-refractivity contribution in [1.82, 2.24) is 4.90 Å². The Hall–Kier alpha value is -0.980. The highest BCUT2D eigenvalue weighted by atomic mass is 127. The second kappa shape index (κ2) is 9.68.